The van der Waals surface area contributed by atoms with E-state index < -0.39 is 0 Å². The lowest BCUT2D eigenvalue weighted by atomic mass is 10.1. The molecule has 0 unspecified atom stereocenters. The van der Waals surface area contributed by atoms with Gasteiger partial charge in [0.15, 0.2) is 5.78 Å². The molecule has 0 amide bonds. The van der Waals surface area contributed by atoms with Crippen LogP contribution >= 0.6 is 11.6 Å². The second-order valence-corrected chi connectivity index (χ2v) is 5.04. The van der Waals surface area contributed by atoms with E-state index in [1.807, 2.05) is 18.2 Å². The van der Waals surface area contributed by atoms with Crippen molar-refractivity contribution < 1.29 is 9.53 Å². The molecule has 3 heteroatoms. The summed E-state index contributed by atoms with van der Waals surface area (Å²) < 4.78 is 5.65. The molecule has 0 fully saturated rings. The number of halogens is 1. The van der Waals surface area contributed by atoms with Gasteiger partial charge in [0.1, 0.15) is 5.75 Å². The molecular weight excluding hydrogens is 272 g/mol. The van der Waals surface area contributed by atoms with Gasteiger partial charge in [-0.25, -0.2) is 0 Å². The highest BCUT2D eigenvalue weighted by Crippen LogP contribution is 2.23. The van der Waals surface area contributed by atoms with Gasteiger partial charge in [-0.15, -0.1) is 0 Å². The molecule has 2 aromatic rings. The fourth-order valence-corrected chi connectivity index (χ4v) is 2.29. The van der Waals surface area contributed by atoms with Crippen LogP contribution in [0.2, 0.25) is 5.02 Å². The largest absolute Gasteiger partial charge is 0.494 e. The molecular formula is C17H17ClO2. The summed E-state index contributed by atoms with van der Waals surface area (Å²) in [6.07, 6.45) is 1.93. The van der Waals surface area contributed by atoms with Crippen molar-refractivity contribution in [1.29, 1.82) is 0 Å². The predicted octanol–water partition coefficient (Wildman–Crippen LogP) is 4.55. The molecule has 0 saturated heterocycles. The van der Waals surface area contributed by atoms with Gasteiger partial charge in [-0.1, -0.05) is 41.9 Å². The van der Waals surface area contributed by atoms with E-state index in [9.17, 15) is 4.79 Å². The standard InChI is InChI=1S/C17H17ClO2/c1-13(19)16-10-9-15(12-17(16)18)20-11-5-8-14-6-3-2-4-7-14/h2-4,6-7,9-10,12H,5,8,11H2,1H3. The van der Waals surface area contributed by atoms with Gasteiger partial charge in [-0.2, -0.15) is 0 Å². The average molecular weight is 289 g/mol. The van der Waals surface area contributed by atoms with Gasteiger partial charge in [0, 0.05) is 5.56 Å². The molecule has 0 heterocycles. The number of Topliss-reactive ketones (excluding diaryl/α,β-unsaturated/α-hetero) is 1. The van der Waals surface area contributed by atoms with Crippen LogP contribution < -0.4 is 4.74 Å². The highest BCUT2D eigenvalue weighted by Gasteiger charge is 2.06. The molecule has 2 nitrogen and oxygen atoms in total. The number of carbonyl (C=O) groups is 1. The maximum absolute atomic E-state index is 11.3. The van der Waals surface area contributed by atoms with E-state index in [0.29, 0.717) is 22.9 Å². The maximum atomic E-state index is 11.3. The highest BCUT2D eigenvalue weighted by molar-refractivity contribution is 6.34. The minimum atomic E-state index is -0.0365. The van der Waals surface area contributed by atoms with Crippen molar-refractivity contribution in [2.45, 2.75) is 19.8 Å². The van der Waals surface area contributed by atoms with Crippen molar-refractivity contribution >= 4 is 17.4 Å². The first kappa shape index (κ1) is 14.6. The first-order valence-corrected chi connectivity index (χ1v) is 7.02. The molecule has 0 aliphatic rings. The zero-order valence-electron chi connectivity index (χ0n) is 11.4. The second-order valence-electron chi connectivity index (χ2n) is 4.64. The normalized spacial score (nSPS) is 10.3. The zero-order chi connectivity index (χ0) is 14.4. The maximum Gasteiger partial charge on any atom is 0.161 e. The van der Waals surface area contributed by atoms with E-state index in [2.05, 4.69) is 12.1 Å². The van der Waals surface area contributed by atoms with Crippen LogP contribution in [0.15, 0.2) is 48.5 Å². The van der Waals surface area contributed by atoms with Crippen LogP contribution in [0, 0.1) is 0 Å². The van der Waals surface area contributed by atoms with Gasteiger partial charge < -0.3 is 4.74 Å². The van der Waals surface area contributed by atoms with Crippen molar-refractivity contribution in [2.75, 3.05) is 6.61 Å². The Bertz CT molecular complexity index is 579. The van der Waals surface area contributed by atoms with Crippen molar-refractivity contribution in [3.05, 3.63) is 64.7 Å². The zero-order valence-corrected chi connectivity index (χ0v) is 12.2. The van der Waals surface area contributed by atoms with Crippen LogP contribution in [0.25, 0.3) is 0 Å². The van der Waals surface area contributed by atoms with Gasteiger partial charge in [-0.3, -0.25) is 4.79 Å². The monoisotopic (exact) mass is 288 g/mol. The summed E-state index contributed by atoms with van der Waals surface area (Å²) in [5.41, 5.74) is 1.84. The first-order valence-electron chi connectivity index (χ1n) is 6.64. The Morgan fingerprint density at radius 1 is 1.15 bits per heavy atom. The van der Waals surface area contributed by atoms with Crippen molar-refractivity contribution in [3.8, 4) is 5.75 Å². The molecule has 0 atom stereocenters. The summed E-state index contributed by atoms with van der Waals surface area (Å²) in [7, 11) is 0. The lowest BCUT2D eigenvalue weighted by molar-refractivity contribution is 0.101. The molecule has 2 aromatic carbocycles. The summed E-state index contributed by atoms with van der Waals surface area (Å²) in [6.45, 7) is 2.13. The topological polar surface area (TPSA) is 26.3 Å². The van der Waals surface area contributed by atoms with Crippen LogP contribution in [-0.4, -0.2) is 12.4 Å². The van der Waals surface area contributed by atoms with E-state index in [-0.39, 0.29) is 5.78 Å². The molecule has 0 aliphatic carbocycles. The molecule has 0 spiro atoms. The third-order valence-corrected chi connectivity index (χ3v) is 3.35. The van der Waals surface area contributed by atoms with Crippen LogP contribution in [0.3, 0.4) is 0 Å². The number of rotatable bonds is 6. The number of hydrogen-bond donors (Lipinski definition) is 0. The Balaban J connectivity index is 1.83. The quantitative estimate of drug-likeness (QED) is 0.575. The number of ether oxygens (including phenoxy) is 1. The van der Waals surface area contributed by atoms with Crippen LogP contribution in [0.4, 0.5) is 0 Å². The van der Waals surface area contributed by atoms with E-state index in [4.69, 9.17) is 16.3 Å². The predicted molar refractivity (Wildman–Crippen MR) is 81.7 cm³/mol. The molecule has 0 aromatic heterocycles. The number of aryl methyl sites for hydroxylation is 1. The minimum Gasteiger partial charge on any atom is -0.494 e. The van der Waals surface area contributed by atoms with Gasteiger partial charge in [0.25, 0.3) is 0 Å². The van der Waals surface area contributed by atoms with Crippen LogP contribution in [0.1, 0.15) is 29.3 Å². The van der Waals surface area contributed by atoms with Gasteiger partial charge in [0.2, 0.25) is 0 Å². The van der Waals surface area contributed by atoms with Crippen LogP contribution in [0.5, 0.6) is 5.75 Å². The Hall–Kier alpha value is -1.80. The summed E-state index contributed by atoms with van der Waals surface area (Å²) >= 11 is 6.03. The van der Waals surface area contributed by atoms with E-state index >= 15 is 0 Å². The molecule has 104 valence electrons. The Morgan fingerprint density at radius 2 is 1.90 bits per heavy atom. The number of hydrogen-bond acceptors (Lipinski definition) is 2. The highest BCUT2D eigenvalue weighted by atomic mass is 35.5. The molecule has 0 bridgehead atoms. The Morgan fingerprint density at radius 3 is 2.55 bits per heavy atom. The summed E-state index contributed by atoms with van der Waals surface area (Å²) in [4.78, 5) is 11.3. The minimum absolute atomic E-state index is 0.0365. The van der Waals surface area contributed by atoms with Crippen molar-refractivity contribution in [1.82, 2.24) is 0 Å². The third-order valence-electron chi connectivity index (χ3n) is 3.04. The third kappa shape index (κ3) is 4.10. The molecule has 0 saturated carbocycles. The molecule has 20 heavy (non-hydrogen) atoms. The van der Waals surface area contributed by atoms with Gasteiger partial charge in [0.05, 0.1) is 11.6 Å². The SMILES string of the molecule is CC(=O)c1ccc(OCCCc2ccccc2)cc1Cl. The fraction of sp³-hybridized carbons (Fsp3) is 0.235. The number of ketones is 1. The first-order chi connectivity index (χ1) is 9.66. The Labute approximate surface area is 124 Å². The molecule has 0 aliphatic heterocycles. The van der Waals surface area contributed by atoms with E-state index in [1.54, 1.807) is 18.2 Å². The molecule has 0 radical (unpaired) electrons. The van der Waals surface area contributed by atoms with E-state index in [0.717, 1.165) is 12.8 Å². The Kier molecular flexibility index (Phi) is 5.19. The van der Waals surface area contributed by atoms with Crippen molar-refractivity contribution in [2.24, 2.45) is 0 Å². The second kappa shape index (κ2) is 7.11. The van der Waals surface area contributed by atoms with E-state index in [1.165, 1.54) is 12.5 Å². The fourth-order valence-electron chi connectivity index (χ4n) is 1.98. The molecule has 0 N–H and O–H groups in total. The summed E-state index contributed by atoms with van der Waals surface area (Å²) in [6, 6.07) is 15.5. The number of carbonyl (C=O) groups excluding carboxylic acids is 1. The van der Waals surface area contributed by atoms with Crippen LogP contribution in [-0.2, 0) is 6.42 Å². The lowest BCUT2D eigenvalue weighted by Gasteiger charge is -2.08. The van der Waals surface area contributed by atoms with Gasteiger partial charge >= 0.3 is 0 Å². The summed E-state index contributed by atoms with van der Waals surface area (Å²) in [5, 5.41) is 0.443. The van der Waals surface area contributed by atoms with Crippen molar-refractivity contribution in [3.63, 3.8) is 0 Å². The average Bonchev–Trinajstić information content (AvgIpc) is 2.44. The number of benzene rings is 2. The lowest BCUT2D eigenvalue weighted by Crippen LogP contribution is -2.00. The van der Waals surface area contributed by atoms with Gasteiger partial charge in [-0.05, 0) is 43.5 Å². The smallest absolute Gasteiger partial charge is 0.161 e. The molecule has 2 rings (SSSR count). The summed E-state index contributed by atoms with van der Waals surface area (Å²) in [5.74, 6) is 0.665.